The van der Waals surface area contributed by atoms with Crippen LogP contribution in [0.5, 0.6) is 0 Å². The fourth-order valence-corrected chi connectivity index (χ4v) is 0. The Hall–Kier alpha value is 1.06. The van der Waals surface area contributed by atoms with E-state index in [1.54, 1.807) is 5.32 Å². The molecule has 0 aliphatic rings. The van der Waals surface area contributed by atoms with Gasteiger partial charge in [-0.1, -0.05) is 0 Å². The molecule has 0 amide bonds. The molecule has 0 bridgehead atoms. The Bertz CT molecular complexity index is 6.85. The molecular weight excluding hydrogens is 139 g/mol. The Balaban J connectivity index is -0.0000000200. The third kappa shape index (κ3) is 42.0. The molecule has 2 heteroatoms. The summed E-state index contributed by atoms with van der Waals surface area (Å²) in [6, 6.07) is 0. The Kier molecular flexibility index (Phi) is 65.0. The molecule has 0 aliphatic heterocycles. The zero-order chi connectivity index (χ0) is 2.71. The fourth-order valence-electron chi connectivity index (χ4n) is 0. The molecule has 5 heavy (non-hydrogen) atoms. The average Bonchev–Trinajstić information content (AvgIpc) is 0.918. The summed E-state index contributed by atoms with van der Waals surface area (Å²) in [5.41, 5.74) is 0. The van der Waals surface area contributed by atoms with Gasteiger partial charge in [0.1, 0.15) is 0 Å². The van der Waals surface area contributed by atoms with E-state index in [4.69, 9.17) is 0 Å². The summed E-state index contributed by atoms with van der Waals surface area (Å²) in [5.74, 6) is 0. The largest absolute Gasteiger partial charge is 0.481 e. The van der Waals surface area contributed by atoms with Crippen molar-refractivity contribution in [2.45, 2.75) is 0 Å². The van der Waals surface area contributed by atoms with Gasteiger partial charge in [-0.25, -0.2) is 0 Å². The van der Waals surface area contributed by atoms with Crippen LogP contribution in [-0.2, 0) is 32.7 Å². The molecule has 1 radical (unpaired) electrons. The van der Waals surface area contributed by atoms with E-state index in [1.165, 1.54) is 0 Å². The smallest absolute Gasteiger partial charge is 0.0408 e. The van der Waals surface area contributed by atoms with Crippen LogP contribution in [0.25, 0.3) is 0 Å². The van der Waals surface area contributed by atoms with Gasteiger partial charge in [-0.05, 0) is 0 Å². The maximum absolute atomic E-state index is 3.36. The topological polar surface area (TPSA) is 16.6 Å². The first-order valence-corrected chi connectivity index (χ1v) is 0.986. The number of hydrogen-bond acceptors (Lipinski definition) is 0. The Morgan fingerprint density at radius 1 is 1.60 bits per heavy atom. The average molecular weight is 149 g/mol. The molecule has 31 valence electrons. The monoisotopic (exact) mass is 149 g/mol. The molecule has 0 atom stereocenters. The van der Waals surface area contributed by atoms with Crippen molar-refractivity contribution in [3.63, 3.8) is 0 Å². The van der Waals surface area contributed by atoms with Gasteiger partial charge in [0, 0.05) is 39.8 Å². The first-order valence-electron chi connectivity index (χ1n) is 0.986. The second kappa shape index (κ2) is 19.6. The molecule has 0 unspecified atom stereocenters. The van der Waals surface area contributed by atoms with Crippen molar-refractivity contribution in [1.82, 2.24) is 0 Å². The zero-order valence-electron chi connectivity index (χ0n) is 3.86. The predicted molar refractivity (Wildman–Crippen MR) is 19.6 cm³/mol. The molecule has 0 fully saturated rings. The summed E-state index contributed by atoms with van der Waals surface area (Å²) in [4.78, 5) is 0. The van der Waals surface area contributed by atoms with Crippen molar-refractivity contribution in [1.29, 1.82) is 0 Å². The van der Waals surface area contributed by atoms with Gasteiger partial charge in [0.2, 0.25) is 0 Å². The van der Waals surface area contributed by atoms with E-state index >= 15 is 0 Å². The third-order valence-electron chi connectivity index (χ3n) is 0. The summed E-state index contributed by atoms with van der Waals surface area (Å²) in [5, 5.41) is 1.75. The Morgan fingerprint density at radius 2 is 1.60 bits per heavy atom. The summed E-state index contributed by atoms with van der Waals surface area (Å²) >= 11 is 0. The van der Waals surface area contributed by atoms with Crippen LogP contribution < -0.4 is 5.32 Å². The summed E-state index contributed by atoms with van der Waals surface area (Å²) < 4.78 is 0. The van der Waals surface area contributed by atoms with Crippen LogP contribution in [0.4, 0.5) is 0 Å². The van der Waals surface area contributed by atoms with Crippen LogP contribution in [0.3, 0.4) is 0 Å². The number of rotatable bonds is 0. The van der Waals surface area contributed by atoms with Crippen LogP contribution in [0, 0.1) is 14.5 Å². The van der Waals surface area contributed by atoms with Gasteiger partial charge in [-0.15, -0.1) is 0 Å². The van der Waals surface area contributed by atoms with Crippen molar-refractivity contribution in [3.05, 3.63) is 14.5 Å². The number of quaternary nitrogens is 1. The van der Waals surface area contributed by atoms with Gasteiger partial charge in [-0.3, -0.25) is 0 Å². The minimum atomic E-state index is 0. The molecule has 0 aromatic carbocycles. The van der Waals surface area contributed by atoms with E-state index in [-0.39, 0.29) is 40.1 Å². The van der Waals surface area contributed by atoms with Crippen molar-refractivity contribution in [2.75, 3.05) is 7.05 Å². The zero-order valence-corrected chi connectivity index (χ0v) is 6.70. The number of hydrogen-bond donors (Lipinski definition) is 1. The van der Waals surface area contributed by atoms with Gasteiger partial charge in [-0.2, -0.15) is 7.05 Å². The molecule has 0 spiro atoms. The van der Waals surface area contributed by atoms with E-state index in [9.17, 15) is 0 Å². The SMILES string of the molecule is [CH2-][NH2+]C.[CH3-].[Y]. The molecule has 0 saturated carbocycles. The van der Waals surface area contributed by atoms with E-state index < -0.39 is 0 Å². The van der Waals surface area contributed by atoms with Crippen molar-refractivity contribution >= 4 is 0 Å². The van der Waals surface area contributed by atoms with Crippen LogP contribution >= 0.6 is 0 Å². The first kappa shape index (κ1) is 16.6. The van der Waals surface area contributed by atoms with Gasteiger partial charge in [0.25, 0.3) is 0 Å². The first-order chi connectivity index (χ1) is 1.41. The molecule has 0 saturated heterocycles. The standard InChI is InChI=1S/C2H7N.CH3.Y/c1-3-2;;/h1,3H2,2H3;1H3;/q;-1;. The minimum absolute atomic E-state index is 0. The van der Waals surface area contributed by atoms with Crippen LogP contribution in [0.2, 0.25) is 0 Å². The normalized spacial score (nSPS) is 3.60. The summed E-state index contributed by atoms with van der Waals surface area (Å²) in [7, 11) is 5.25. The van der Waals surface area contributed by atoms with Crippen LogP contribution in [0.15, 0.2) is 0 Å². The van der Waals surface area contributed by atoms with E-state index in [0.717, 1.165) is 0 Å². The van der Waals surface area contributed by atoms with E-state index in [2.05, 4.69) is 7.05 Å². The second-order valence-corrected chi connectivity index (χ2v) is 0.408. The summed E-state index contributed by atoms with van der Waals surface area (Å²) in [6.07, 6.45) is 0. The van der Waals surface area contributed by atoms with Gasteiger partial charge in [0.05, 0.1) is 0 Å². The van der Waals surface area contributed by atoms with E-state index in [1.807, 2.05) is 7.05 Å². The van der Waals surface area contributed by atoms with E-state index in [0.29, 0.717) is 0 Å². The molecule has 0 aromatic heterocycles. The number of nitrogens with two attached hydrogens (primary N) is 1. The molecule has 1 nitrogen and oxygen atoms in total. The van der Waals surface area contributed by atoms with Gasteiger partial charge in [0.15, 0.2) is 0 Å². The maximum Gasteiger partial charge on any atom is 0.0408 e. The molecule has 0 aromatic rings. The quantitative estimate of drug-likeness (QED) is 0.444. The summed E-state index contributed by atoms with van der Waals surface area (Å²) in [6.45, 7) is 0. The van der Waals surface area contributed by atoms with Crippen molar-refractivity contribution in [3.8, 4) is 0 Å². The molecule has 0 rings (SSSR count). The third-order valence-corrected chi connectivity index (χ3v) is 0. The van der Waals surface area contributed by atoms with Crippen molar-refractivity contribution < 1.29 is 38.0 Å². The predicted octanol–water partition coefficient (Wildman–Crippen LogP) is -0.581. The van der Waals surface area contributed by atoms with Crippen molar-refractivity contribution in [2.24, 2.45) is 0 Å². The van der Waals surface area contributed by atoms with Crippen LogP contribution in [0.1, 0.15) is 0 Å². The molecular formula is C3H10NY-. The van der Waals surface area contributed by atoms with Gasteiger partial charge < -0.3 is 12.7 Å². The minimum Gasteiger partial charge on any atom is -0.481 e. The molecule has 0 aliphatic carbocycles. The molecule has 0 heterocycles. The Labute approximate surface area is 59.4 Å². The maximum atomic E-state index is 3.36. The molecule has 2 N–H and O–H groups in total. The fraction of sp³-hybridized carbons (Fsp3) is 0.333. The Morgan fingerprint density at radius 3 is 1.60 bits per heavy atom. The second-order valence-electron chi connectivity index (χ2n) is 0.408. The van der Waals surface area contributed by atoms with Gasteiger partial charge >= 0.3 is 0 Å². The van der Waals surface area contributed by atoms with Crippen LogP contribution in [-0.4, -0.2) is 7.05 Å².